The number of benzene rings is 1. The summed E-state index contributed by atoms with van der Waals surface area (Å²) >= 11 is 6.02. The molecule has 1 aromatic carbocycles. The van der Waals surface area contributed by atoms with Crippen LogP contribution in [0, 0.1) is 0 Å². The van der Waals surface area contributed by atoms with Crippen molar-refractivity contribution in [3.05, 3.63) is 24.0 Å². The number of imidazole rings is 1. The molecule has 2 rings (SSSR count). The fourth-order valence-electron chi connectivity index (χ4n) is 2.26. The number of para-hydroxylation sites is 1. The second-order valence-corrected chi connectivity index (χ2v) is 4.69. The van der Waals surface area contributed by atoms with Crippen LogP contribution in [0.1, 0.15) is 26.1 Å². The Morgan fingerprint density at radius 1 is 1.25 bits per heavy atom. The van der Waals surface area contributed by atoms with Gasteiger partial charge in [-0.3, -0.25) is 0 Å². The summed E-state index contributed by atoms with van der Waals surface area (Å²) in [6, 6.07) is 6.00. The van der Waals surface area contributed by atoms with E-state index < -0.39 is 0 Å². The van der Waals surface area contributed by atoms with E-state index in [1.807, 2.05) is 26.0 Å². The molecule has 20 heavy (non-hydrogen) atoms. The average Bonchev–Trinajstić information content (AvgIpc) is 2.83. The average molecular weight is 297 g/mol. The first-order valence-corrected chi connectivity index (χ1v) is 7.59. The quantitative estimate of drug-likeness (QED) is 0.551. The molecule has 0 amide bonds. The van der Waals surface area contributed by atoms with E-state index in [9.17, 15) is 0 Å². The first kappa shape index (κ1) is 15.1. The Hall–Kier alpha value is -1.26. The highest BCUT2D eigenvalue weighted by molar-refractivity contribution is 6.16. The van der Waals surface area contributed by atoms with Crippen molar-refractivity contribution in [2.45, 2.75) is 32.7 Å². The molecule has 0 saturated heterocycles. The molecular formula is C15H21ClN2O2. The minimum atomic E-state index is 0.398. The predicted octanol–water partition coefficient (Wildman–Crippen LogP) is 3.60. The Morgan fingerprint density at radius 3 is 2.80 bits per heavy atom. The molecule has 0 N–H and O–H groups in total. The summed E-state index contributed by atoms with van der Waals surface area (Å²) < 4.78 is 13.2. The molecule has 0 fully saturated rings. The maximum absolute atomic E-state index is 6.02. The number of halogens is 1. The molecule has 0 unspecified atom stereocenters. The maximum Gasteiger partial charge on any atom is 0.147 e. The molecule has 4 nitrogen and oxygen atoms in total. The second kappa shape index (κ2) is 7.50. The van der Waals surface area contributed by atoms with Crippen LogP contribution in [0.3, 0.4) is 0 Å². The van der Waals surface area contributed by atoms with Gasteiger partial charge in [-0.05, 0) is 32.4 Å². The molecule has 0 aliphatic heterocycles. The third kappa shape index (κ3) is 3.25. The van der Waals surface area contributed by atoms with Crippen molar-refractivity contribution in [1.29, 1.82) is 0 Å². The van der Waals surface area contributed by atoms with Crippen molar-refractivity contribution in [3.8, 4) is 5.75 Å². The summed E-state index contributed by atoms with van der Waals surface area (Å²) in [5, 5.41) is 0. The highest BCUT2D eigenvalue weighted by atomic mass is 35.5. The van der Waals surface area contributed by atoms with Crippen LogP contribution in [-0.2, 0) is 17.2 Å². The van der Waals surface area contributed by atoms with Gasteiger partial charge in [-0.15, -0.1) is 11.6 Å². The van der Waals surface area contributed by atoms with Gasteiger partial charge in [-0.2, -0.15) is 0 Å². The predicted molar refractivity (Wildman–Crippen MR) is 81.6 cm³/mol. The molecule has 0 saturated carbocycles. The molecular weight excluding hydrogens is 276 g/mol. The van der Waals surface area contributed by atoms with Crippen molar-refractivity contribution in [2.75, 3.05) is 19.8 Å². The van der Waals surface area contributed by atoms with Gasteiger partial charge < -0.3 is 14.0 Å². The lowest BCUT2D eigenvalue weighted by Gasteiger charge is -2.08. The lowest BCUT2D eigenvalue weighted by atomic mass is 10.3. The van der Waals surface area contributed by atoms with Gasteiger partial charge in [0.25, 0.3) is 0 Å². The van der Waals surface area contributed by atoms with Gasteiger partial charge in [0.1, 0.15) is 17.1 Å². The monoisotopic (exact) mass is 296 g/mol. The lowest BCUT2D eigenvalue weighted by molar-refractivity contribution is 0.142. The van der Waals surface area contributed by atoms with Crippen molar-refractivity contribution >= 4 is 22.6 Å². The minimum absolute atomic E-state index is 0.398. The number of aromatic nitrogens is 2. The highest BCUT2D eigenvalue weighted by Gasteiger charge is 2.13. The smallest absolute Gasteiger partial charge is 0.147 e. The summed E-state index contributed by atoms with van der Waals surface area (Å²) in [6.45, 7) is 6.97. The van der Waals surface area contributed by atoms with Crippen molar-refractivity contribution < 1.29 is 9.47 Å². The molecule has 0 radical (unpaired) electrons. The number of ether oxygens (including phenoxy) is 2. The number of rotatable bonds is 8. The van der Waals surface area contributed by atoms with Gasteiger partial charge >= 0.3 is 0 Å². The first-order valence-electron chi connectivity index (χ1n) is 7.06. The molecule has 0 aliphatic rings. The topological polar surface area (TPSA) is 36.3 Å². The Morgan fingerprint density at radius 2 is 2.10 bits per heavy atom. The molecule has 0 spiro atoms. The van der Waals surface area contributed by atoms with Crippen LogP contribution in [0.15, 0.2) is 18.2 Å². The van der Waals surface area contributed by atoms with E-state index in [2.05, 4.69) is 15.6 Å². The van der Waals surface area contributed by atoms with E-state index in [0.29, 0.717) is 12.5 Å². The van der Waals surface area contributed by atoms with Gasteiger partial charge in [0.2, 0.25) is 0 Å². The van der Waals surface area contributed by atoms with Crippen molar-refractivity contribution in [1.82, 2.24) is 9.55 Å². The molecule has 2 aromatic rings. The molecule has 5 heteroatoms. The number of nitrogens with zero attached hydrogens (tertiary/aromatic N) is 2. The van der Waals surface area contributed by atoms with Crippen LogP contribution >= 0.6 is 11.6 Å². The fraction of sp³-hybridized carbons (Fsp3) is 0.533. The molecule has 0 bridgehead atoms. The Kier molecular flexibility index (Phi) is 5.68. The van der Waals surface area contributed by atoms with Gasteiger partial charge in [0, 0.05) is 19.8 Å². The van der Waals surface area contributed by atoms with E-state index in [0.717, 1.165) is 48.8 Å². The van der Waals surface area contributed by atoms with Gasteiger partial charge in [0.15, 0.2) is 0 Å². The maximum atomic E-state index is 6.02. The summed E-state index contributed by atoms with van der Waals surface area (Å²) in [6.07, 6.45) is 0.946. The van der Waals surface area contributed by atoms with Crippen LogP contribution in [0.5, 0.6) is 5.75 Å². The van der Waals surface area contributed by atoms with Crippen LogP contribution in [0.25, 0.3) is 11.0 Å². The summed E-state index contributed by atoms with van der Waals surface area (Å²) in [5.41, 5.74) is 1.96. The van der Waals surface area contributed by atoms with Crippen molar-refractivity contribution in [3.63, 3.8) is 0 Å². The Labute approximate surface area is 124 Å². The van der Waals surface area contributed by atoms with E-state index >= 15 is 0 Å². The SMILES string of the molecule is CCOCCCn1c(CCl)nc2c(OCC)cccc21. The number of aryl methyl sites for hydroxylation is 1. The fourth-order valence-corrected chi connectivity index (χ4v) is 2.47. The third-order valence-corrected chi connectivity index (χ3v) is 3.35. The summed E-state index contributed by atoms with van der Waals surface area (Å²) in [4.78, 5) is 4.61. The third-order valence-electron chi connectivity index (χ3n) is 3.11. The van der Waals surface area contributed by atoms with E-state index in [4.69, 9.17) is 21.1 Å². The Bertz CT molecular complexity index is 554. The van der Waals surface area contributed by atoms with Crippen LogP contribution < -0.4 is 4.74 Å². The summed E-state index contributed by atoms with van der Waals surface area (Å²) in [7, 11) is 0. The van der Waals surface area contributed by atoms with Crippen molar-refractivity contribution in [2.24, 2.45) is 0 Å². The van der Waals surface area contributed by atoms with E-state index in [1.165, 1.54) is 0 Å². The number of alkyl halides is 1. The van der Waals surface area contributed by atoms with E-state index in [1.54, 1.807) is 0 Å². The second-order valence-electron chi connectivity index (χ2n) is 4.42. The van der Waals surface area contributed by atoms with Crippen LogP contribution in [0.2, 0.25) is 0 Å². The molecule has 1 aromatic heterocycles. The van der Waals surface area contributed by atoms with Gasteiger partial charge in [-0.1, -0.05) is 6.07 Å². The normalized spacial score (nSPS) is 11.2. The number of fused-ring (bicyclic) bond motifs is 1. The molecule has 1 heterocycles. The largest absolute Gasteiger partial charge is 0.492 e. The van der Waals surface area contributed by atoms with Crippen LogP contribution in [-0.4, -0.2) is 29.4 Å². The highest BCUT2D eigenvalue weighted by Crippen LogP contribution is 2.27. The Balaban J connectivity index is 2.29. The standard InChI is InChI=1S/C15H21ClN2O2/c1-3-19-10-6-9-18-12-7-5-8-13(20-4-2)15(12)17-14(18)11-16/h5,7-8H,3-4,6,9-11H2,1-2H3. The molecule has 0 aliphatic carbocycles. The lowest BCUT2D eigenvalue weighted by Crippen LogP contribution is -2.05. The van der Waals surface area contributed by atoms with Gasteiger partial charge in [0.05, 0.1) is 18.0 Å². The van der Waals surface area contributed by atoms with Crippen LogP contribution in [0.4, 0.5) is 0 Å². The van der Waals surface area contributed by atoms with Gasteiger partial charge in [-0.25, -0.2) is 4.98 Å². The zero-order valence-electron chi connectivity index (χ0n) is 12.1. The zero-order chi connectivity index (χ0) is 14.4. The minimum Gasteiger partial charge on any atom is -0.492 e. The first-order chi connectivity index (χ1) is 9.81. The zero-order valence-corrected chi connectivity index (χ0v) is 12.8. The van der Waals surface area contributed by atoms with E-state index in [-0.39, 0.29) is 0 Å². The molecule has 110 valence electrons. The summed E-state index contributed by atoms with van der Waals surface area (Å²) in [5.74, 6) is 2.10. The molecule has 0 atom stereocenters. The number of hydrogen-bond donors (Lipinski definition) is 0. The number of hydrogen-bond acceptors (Lipinski definition) is 3.